The summed E-state index contributed by atoms with van der Waals surface area (Å²) in [5.41, 5.74) is 1.70. The van der Waals surface area contributed by atoms with Crippen molar-refractivity contribution in [3.05, 3.63) is 24.3 Å². The molecule has 0 aromatic heterocycles. The average Bonchev–Trinajstić information content (AvgIpc) is 2.59. The molecule has 26 heavy (non-hydrogen) atoms. The largest absolute Gasteiger partial charge is 0.307 e. The van der Waals surface area contributed by atoms with Crippen LogP contribution < -0.4 is 15.1 Å². The summed E-state index contributed by atoms with van der Waals surface area (Å²) in [5.74, 6) is 1.50. The van der Waals surface area contributed by atoms with Gasteiger partial charge in [0.05, 0.1) is 23.5 Å². The van der Waals surface area contributed by atoms with Crippen LogP contribution in [0.1, 0.15) is 46.5 Å². The molecule has 2 heterocycles. The smallest absolute Gasteiger partial charge is 0.244 e. The maximum atomic E-state index is 13.4. The molecule has 140 valence electrons. The number of rotatable bonds is 1. The molecule has 2 bridgehead atoms. The Morgan fingerprint density at radius 3 is 2.54 bits per heavy atom. The van der Waals surface area contributed by atoms with Crippen LogP contribution in [-0.2, 0) is 9.59 Å². The maximum Gasteiger partial charge on any atom is 0.244 e. The van der Waals surface area contributed by atoms with E-state index in [0.717, 1.165) is 17.8 Å². The second-order valence-corrected chi connectivity index (χ2v) is 8.29. The van der Waals surface area contributed by atoms with Crippen LogP contribution in [0.4, 0.5) is 11.4 Å². The first kappa shape index (κ1) is 17.5. The van der Waals surface area contributed by atoms with Crippen LogP contribution in [0.2, 0.25) is 0 Å². The Kier molecular flexibility index (Phi) is 4.51. The summed E-state index contributed by atoms with van der Waals surface area (Å²) in [6, 6.07) is 8.11. The minimum absolute atomic E-state index is 0.0200. The molecule has 1 aliphatic carbocycles. The fourth-order valence-corrected chi connectivity index (χ4v) is 5.28. The van der Waals surface area contributed by atoms with Gasteiger partial charge in [-0.3, -0.25) is 9.59 Å². The second kappa shape index (κ2) is 6.69. The van der Waals surface area contributed by atoms with Gasteiger partial charge in [0, 0.05) is 19.5 Å². The van der Waals surface area contributed by atoms with Gasteiger partial charge in [0.25, 0.3) is 0 Å². The first-order valence-corrected chi connectivity index (χ1v) is 9.93. The molecule has 1 aromatic carbocycles. The van der Waals surface area contributed by atoms with Crippen molar-refractivity contribution in [2.24, 2.45) is 11.8 Å². The van der Waals surface area contributed by atoms with Gasteiger partial charge in [-0.2, -0.15) is 0 Å². The summed E-state index contributed by atoms with van der Waals surface area (Å²) < 4.78 is 0. The topological polar surface area (TPSA) is 52.7 Å². The summed E-state index contributed by atoms with van der Waals surface area (Å²) in [4.78, 5) is 29.3. The molecule has 5 heteroatoms. The zero-order valence-corrected chi connectivity index (χ0v) is 15.9. The van der Waals surface area contributed by atoms with Gasteiger partial charge >= 0.3 is 0 Å². The first-order chi connectivity index (χ1) is 12.5. The number of hydrogen-bond acceptors (Lipinski definition) is 3. The highest BCUT2D eigenvalue weighted by atomic mass is 16.2. The van der Waals surface area contributed by atoms with Crippen molar-refractivity contribution < 1.29 is 9.59 Å². The first-order valence-electron chi connectivity index (χ1n) is 9.93. The lowest BCUT2D eigenvalue weighted by molar-refractivity contribution is -0.123. The normalized spacial score (nSPS) is 33.6. The van der Waals surface area contributed by atoms with Crippen molar-refractivity contribution in [1.82, 2.24) is 5.32 Å². The molecule has 3 aliphatic rings. The molecule has 1 aromatic rings. The second-order valence-electron chi connectivity index (χ2n) is 8.29. The SMILES string of the molecule is CC(=O)N1c2ccccc2N(C(=O)C2CC3CCCC(N2)C3C)CC1C. The zero-order chi connectivity index (χ0) is 18.4. The summed E-state index contributed by atoms with van der Waals surface area (Å²) in [6.45, 7) is 6.49. The number of para-hydroxylation sites is 2. The Morgan fingerprint density at radius 1 is 1.12 bits per heavy atom. The fraction of sp³-hybridized carbons (Fsp3) is 0.619. The van der Waals surface area contributed by atoms with Crippen LogP contribution >= 0.6 is 0 Å². The Morgan fingerprint density at radius 2 is 1.85 bits per heavy atom. The molecular formula is C21H29N3O2. The third-order valence-electron chi connectivity index (χ3n) is 6.65. The maximum absolute atomic E-state index is 13.4. The van der Waals surface area contributed by atoms with E-state index >= 15 is 0 Å². The Balaban J connectivity index is 1.62. The lowest BCUT2D eigenvalue weighted by Crippen LogP contribution is -2.61. The number of amides is 2. The van der Waals surface area contributed by atoms with Crippen molar-refractivity contribution in [1.29, 1.82) is 0 Å². The lowest BCUT2D eigenvalue weighted by atomic mass is 9.70. The van der Waals surface area contributed by atoms with E-state index < -0.39 is 0 Å². The minimum atomic E-state index is -0.106. The van der Waals surface area contributed by atoms with Crippen molar-refractivity contribution in [2.75, 3.05) is 16.3 Å². The van der Waals surface area contributed by atoms with Crippen LogP contribution in [0.5, 0.6) is 0 Å². The third-order valence-corrected chi connectivity index (χ3v) is 6.65. The van der Waals surface area contributed by atoms with Crippen molar-refractivity contribution >= 4 is 23.2 Å². The molecular weight excluding hydrogens is 326 g/mol. The Bertz CT molecular complexity index is 705. The molecule has 2 amide bonds. The number of nitrogens with one attached hydrogen (secondary N) is 1. The lowest BCUT2D eigenvalue weighted by Gasteiger charge is -2.47. The van der Waals surface area contributed by atoms with Crippen molar-refractivity contribution in [2.45, 2.75) is 64.6 Å². The Labute approximate surface area is 155 Å². The number of fused-ring (bicyclic) bond motifs is 3. The van der Waals surface area contributed by atoms with E-state index in [0.29, 0.717) is 24.4 Å². The molecule has 4 rings (SSSR count). The van der Waals surface area contributed by atoms with Gasteiger partial charge in [-0.05, 0) is 43.7 Å². The van der Waals surface area contributed by atoms with Gasteiger partial charge < -0.3 is 15.1 Å². The molecule has 0 spiro atoms. The molecule has 0 radical (unpaired) electrons. The van der Waals surface area contributed by atoms with Crippen LogP contribution in [0, 0.1) is 11.8 Å². The molecule has 1 saturated carbocycles. The molecule has 5 unspecified atom stereocenters. The highest BCUT2D eigenvalue weighted by Crippen LogP contribution is 2.40. The Hall–Kier alpha value is -1.88. The van der Waals surface area contributed by atoms with E-state index in [1.807, 2.05) is 41.0 Å². The van der Waals surface area contributed by atoms with Gasteiger partial charge in [-0.1, -0.05) is 31.9 Å². The van der Waals surface area contributed by atoms with Crippen LogP contribution in [-0.4, -0.2) is 36.5 Å². The number of anilines is 2. The number of carbonyl (C=O) groups is 2. The van der Waals surface area contributed by atoms with Crippen LogP contribution in [0.15, 0.2) is 24.3 Å². The van der Waals surface area contributed by atoms with Gasteiger partial charge in [0.15, 0.2) is 0 Å². The molecule has 2 aliphatic heterocycles. The number of hydrogen-bond donors (Lipinski definition) is 1. The van der Waals surface area contributed by atoms with Gasteiger partial charge in [0.1, 0.15) is 0 Å². The van der Waals surface area contributed by atoms with Crippen molar-refractivity contribution in [3.8, 4) is 0 Å². The van der Waals surface area contributed by atoms with Crippen LogP contribution in [0.25, 0.3) is 0 Å². The fourth-order valence-electron chi connectivity index (χ4n) is 5.28. The van der Waals surface area contributed by atoms with E-state index in [1.54, 1.807) is 6.92 Å². The molecule has 5 nitrogen and oxygen atoms in total. The summed E-state index contributed by atoms with van der Waals surface area (Å²) in [5, 5.41) is 3.64. The van der Waals surface area contributed by atoms with Gasteiger partial charge in [-0.25, -0.2) is 0 Å². The highest BCUT2D eigenvalue weighted by molar-refractivity contribution is 6.05. The number of carbonyl (C=O) groups excluding carboxylic acids is 2. The van der Waals surface area contributed by atoms with Gasteiger partial charge in [0.2, 0.25) is 11.8 Å². The minimum Gasteiger partial charge on any atom is -0.307 e. The van der Waals surface area contributed by atoms with Gasteiger partial charge in [-0.15, -0.1) is 0 Å². The van der Waals surface area contributed by atoms with Crippen LogP contribution in [0.3, 0.4) is 0 Å². The molecule has 2 fully saturated rings. The standard InChI is InChI=1S/C21H29N3O2/c1-13-12-23(19-9-4-5-10-20(19)24(13)15(3)25)21(26)18-11-16-7-6-8-17(22-18)14(16)2/h4-5,9-10,13-14,16-18,22H,6-8,11-12H2,1-3H3. The molecule has 1 N–H and O–H groups in total. The van der Waals surface area contributed by atoms with E-state index in [-0.39, 0.29) is 23.9 Å². The number of benzene rings is 1. The van der Waals surface area contributed by atoms with E-state index in [9.17, 15) is 9.59 Å². The number of piperidine rings is 1. The molecule has 1 saturated heterocycles. The van der Waals surface area contributed by atoms with E-state index in [2.05, 4.69) is 12.2 Å². The monoisotopic (exact) mass is 355 g/mol. The zero-order valence-electron chi connectivity index (χ0n) is 15.9. The summed E-state index contributed by atoms with van der Waals surface area (Å²) >= 11 is 0. The molecule has 5 atom stereocenters. The summed E-state index contributed by atoms with van der Waals surface area (Å²) in [7, 11) is 0. The quantitative estimate of drug-likeness (QED) is 0.843. The third kappa shape index (κ3) is 2.82. The number of nitrogens with zero attached hydrogens (tertiary/aromatic N) is 2. The highest BCUT2D eigenvalue weighted by Gasteiger charge is 2.42. The summed E-state index contributed by atoms with van der Waals surface area (Å²) in [6.07, 6.45) is 4.62. The predicted octanol–water partition coefficient (Wildman–Crippen LogP) is 2.94. The van der Waals surface area contributed by atoms with Crippen molar-refractivity contribution in [3.63, 3.8) is 0 Å². The average molecular weight is 355 g/mol. The predicted molar refractivity (Wildman–Crippen MR) is 103 cm³/mol. The van der Waals surface area contributed by atoms with E-state index in [1.165, 1.54) is 19.3 Å². The van der Waals surface area contributed by atoms with E-state index in [4.69, 9.17) is 0 Å².